The molecule has 0 saturated heterocycles. The first-order valence-corrected chi connectivity index (χ1v) is 8.29. The molecule has 0 aromatic heterocycles. The van der Waals surface area contributed by atoms with Gasteiger partial charge in [-0.1, -0.05) is 12.1 Å². The van der Waals surface area contributed by atoms with Gasteiger partial charge in [-0.2, -0.15) is 0 Å². The third-order valence-corrected chi connectivity index (χ3v) is 3.79. The monoisotopic (exact) mass is 364 g/mol. The number of anilines is 2. The molecule has 2 amide bonds. The quantitative estimate of drug-likeness (QED) is 0.605. The first-order chi connectivity index (χ1) is 12.8. The first kappa shape index (κ1) is 19.8. The Labute approximate surface area is 157 Å². The van der Waals surface area contributed by atoms with Gasteiger partial charge in [0.1, 0.15) is 0 Å². The van der Waals surface area contributed by atoms with Crippen LogP contribution in [0.15, 0.2) is 60.2 Å². The molecule has 2 aromatic carbocycles. The number of hydrogen-bond acceptors (Lipinski definition) is 4. The van der Waals surface area contributed by atoms with Gasteiger partial charge in [0.05, 0.1) is 0 Å². The van der Waals surface area contributed by atoms with E-state index in [1.807, 2.05) is 0 Å². The molecule has 6 heteroatoms. The maximum atomic E-state index is 12.2. The first-order valence-electron chi connectivity index (χ1n) is 8.29. The number of Topliss-reactive ketones (excluding diaryl/α,β-unsaturated/α-hetero) is 2. The third kappa shape index (κ3) is 5.74. The van der Waals surface area contributed by atoms with Gasteiger partial charge in [0.25, 0.3) is 5.91 Å². The molecule has 0 heterocycles. The molecule has 0 aliphatic carbocycles. The van der Waals surface area contributed by atoms with E-state index in [9.17, 15) is 19.2 Å². The molecule has 0 fully saturated rings. The molecule has 0 aliphatic rings. The smallest absolute Gasteiger partial charge is 0.251 e. The van der Waals surface area contributed by atoms with Crippen molar-refractivity contribution in [1.29, 1.82) is 0 Å². The van der Waals surface area contributed by atoms with Crippen molar-refractivity contribution in [3.63, 3.8) is 0 Å². The second-order valence-electron chi connectivity index (χ2n) is 6.04. The maximum absolute atomic E-state index is 12.2. The molecule has 2 aromatic rings. The van der Waals surface area contributed by atoms with Gasteiger partial charge in [-0.3, -0.25) is 19.2 Å². The summed E-state index contributed by atoms with van der Waals surface area (Å²) in [5.74, 6) is -1.07. The Balaban J connectivity index is 2.01. The highest BCUT2D eigenvalue weighted by atomic mass is 16.2. The fourth-order valence-corrected chi connectivity index (χ4v) is 2.27. The lowest BCUT2D eigenvalue weighted by Crippen LogP contribution is -2.16. The minimum Gasteiger partial charge on any atom is -0.323 e. The summed E-state index contributed by atoms with van der Waals surface area (Å²) < 4.78 is 0. The Hall–Kier alpha value is -3.54. The van der Waals surface area contributed by atoms with Crippen molar-refractivity contribution in [3.05, 3.63) is 71.3 Å². The van der Waals surface area contributed by atoms with Crippen LogP contribution in [-0.2, 0) is 9.59 Å². The van der Waals surface area contributed by atoms with E-state index in [2.05, 4.69) is 10.6 Å². The standard InChI is InChI=1S/C21H20N2O4/c1-13(21(27)23-19-6-4-5-17(12-19)15(3)25)11-20(26)22-18-9-7-16(8-10-18)14(2)24/h4-12H,1-3H3,(H,22,26)(H,23,27)/b13-11-. The summed E-state index contributed by atoms with van der Waals surface area (Å²) in [7, 11) is 0. The molecule has 0 spiro atoms. The van der Waals surface area contributed by atoms with Crippen molar-refractivity contribution < 1.29 is 19.2 Å². The maximum Gasteiger partial charge on any atom is 0.251 e. The van der Waals surface area contributed by atoms with E-state index in [4.69, 9.17) is 0 Å². The van der Waals surface area contributed by atoms with Crippen molar-refractivity contribution in [2.24, 2.45) is 0 Å². The number of rotatable bonds is 6. The van der Waals surface area contributed by atoms with Crippen molar-refractivity contribution in [2.45, 2.75) is 20.8 Å². The zero-order valence-electron chi connectivity index (χ0n) is 15.3. The SMILES string of the molecule is CC(=O)c1ccc(NC(=O)/C=C(/C)C(=O)Nc2cccc(C(C)=O)c2)cc1. The topological polar surface area (TPSA) is 92.3 Å². The van der Waals surface area contributed by atoms with E-state index in [-0.39, 0.29) is 17.1 Å². The summed E-state index contributed by atoms with van der Waals surface area (Å²) in [6, 6.07) is 13.0. The second-order valence-corrected chi connectivity index (χ2v) is 6.04. The Bertz CT molecular complexity index is 927. The van der Waals surface area contributed by atoms with Crippen LogP contribution in [-0.4, -0.2) is 23.4 Å². The summed E-state index contributed by atoms with van der Waals surface area (Å²) >= 11 is 0. The van der Waals surface area contributed by atoms with Crippen LogP contribution in [0.3, 0.4) is 0 Å². The Kier molecular flexibility index (Phi) is 6.38. The molecular weight excluding hydrogens is 344 g/mol. The van der Waals surface area contributed by atoms with Crippen LogP contribution in [0.1, 0.15) is 41.5 Å². The molecule has 6 nitrogen and oxygen atoms in total. The van der Waals surface area contributed by atoms with Gasteiger partial charge in [-0.25, -0.2) is 0 Å². The summed E-state index contributed by atoms with van der Waals surface area (Å²) in [6.45, 7) is 4.42. The number of amides is 2. The predicted molar refractivity (Wildman–Crippen MR) is 104 cm³/mol. The van der Waals surface area contributed by atoms with E-state index in [1.165, 1.54) is 26.8 Å². The average Bonchev–Trinajstić information content (AvgIpc) is 2.62. The number of ketones is 2. The number of hydrogen-bond donors (Lipinski definition) is 2. The van der Waals surface area contributed by atoms with E-state index in [0.717, 1.165) is 0 Å². The highest BCUT2D eigenvalue weighted by molar-refractivity contribution is 6.10. The summed E-state index contributed by atoms with van der Waals surface area (Å²) in [5.41, 5.74) is 2.23. The fraction of sp³-hybridized carbons (Fsp3) is 0.143. The van der Waals surface area contributed by atoms with Crippen LogP contribution in [0.4, 0.5) is 11.4 Å². The van der Waals surface area contributed by atoms with Crippen LogP contribution in [0.2, 0.25) is 0 Å². The van der Waals surface area contributed by atoms with Crippen molar-refractivity contribution in [1.82, 2.24) is 0 Å². The van der Waals surface area contributed by atoms with Gasteiger partial charge >= 0.3 is 0 Å². The van der Waals surface area contributed by atoms with Gasteiger partial charge < -0.3 is 10.6 Å². The highest BCUT2D eigenvalue weighted by Gasteiger charge is 2.09. The van der Waals surface area contributed by atoms with Crippen LogP contribution < -0.4 is 10.6 Å². The molecule has 0 bridgehead atoms. The van der Waals surface area contributed by atoms with Crippen LogP contribution in [0.25, 0.3) is 0 Å². The normalized spacial score (nSPS) is 10.9. The molecule has 0 saturated carbocycles. The van der Waals surface area contributed by atoms with E-state index in [1.54, 1.807) is 48.5 Å². The summed E-state index contributed by atoms with van der Waals surface area (Å²) in [4.78, 5) is 46.9. The van der Waals surface area contributed by atoms with Gasteiger partial charge in [-0.15, -0.1) is 0 Å². The predicted octanol–water partition coefficient (Wildman–Crippen LogP) is 3.62. The van der Waals surface area contributed by atoms with Crippen molar-refractivity contribution >= 4 is 34.8 Å². The zero-order valence-corrected chi connectivity index (χ0v) is 15.3. The minimum absolute atomic E-state index is 0.0610. The van der Waals surface area contributed by atoms with E-state index in [0.29, 0.717) is 22.5 Å². The van der Waals surface area contributed by atoms with E-state index >= 15 is 0 Å². The van der Waals surface area contributed by atoms with Crippen LogP contribution >= 0.6 is 0 Å². The summed E-state index contributed by atoms with van der Waals surface area (Å²) in [5, 5.41) is 5.28. The van der Waals surface area contributed by atoms with Crippen LogP contribution in [0.5, 0.6) is 0 Å². The molecular formula is C21H20N2O4. The molecule has 0 atom stereocenters. The lowest BCUT2D eigenvalue weighted by Gasteiger charge is -2.07. The molecule has 2 rings (SSSR count). The largest absolute Gasteiger partial charge is 0.323 e. The Morgan fingerprint density at radius 1 is 0.741 bits per heavy atom. The Morgan fingerprint density at radius 3 is 1.96 bits per heavy atom. The Morgan fingerprint density at radius 2 is 1.37 bits per heavy atom. The lowest BCUT2D eigenvalue weighted by atomic mass is 10.1. The average molecular weight is 364 g/mol. The molecule has 0 aliphatic heterocycles. The van der Waals surface area contributed by atoms with Gasteiger partial charge in [0.2, 0.25) is 5.91 Å². The van der Waals surface area contributed by atoms with Crippen molar-refractivity contribution in [2.75, 3.05) is 10.6 Å². The van der Waals surface area contributed by atoms with Crippen LogP contribution in [0, 0.1) is 0 Å². The van der Waals surface area contributed by atoms with Gasteiger partial charge in [0.15, 0.2) is 11.6 Å². The fourth-order valence-electron chi connectivity index (χ4n) is 2.27. The minimum atomic E-state index is -0.462. The van der Waals surface area contributed by atoms with E-state index < -0.39 is 11.8 Å². The molecule has 138 valence electrons. The van der Waals surface area contributed by atoms with Crippen molar-refractivity contribution in [3.8, 4) is 0 Å². The summed E-state index contributed by atoms with van der Waals surface area (Å²) in [6.07, 6.45) is 1.18. The number of carbonyl (C=O) groups is 4. The highest BCUT2D eigenvalue weighted by Crippen LogP contribution is 2.13. The number of nitrogens with one attached hydrogen (secondary N) is 2. The third-order valence-electron chi connectivity index (χ3n) is 3.79. The number of benzene rings is 2. The number of carbonyl (C=O) groups excluding carboxylic acids is 4. The van der Waals surface area contributed by atoms with Gasteiger partial charge in [-0.05, 0) is 57.2 Å². The molecule has 0 radical (unpaired) electrons. The second kappa shape index (κ2) is 8.71. The lowest BCUT2D eigenvalue weighted by molar-refractivity contribution is -0.114. The van der Waals surface area contributed by atoms with Gasteiger partial charge in [0, 0.05) is 34.2 Å². The molecule has 27 heavy (non-hydrogen) atoms. The molecule has 2 N–H and O–H groups in total. The zero-order chi connectivity index (χ0) is 20.0. The molecule has 0 unspecified atom stereocenters.